The largest absolute Gasteiger partial charge is 0.337 e. The molecule has 0 atom stereocenters. The Morgan fingerprint density at radius 1 is 0.894 bits per heavy atom. The lowest BCUT2D eigenvalue weighted by Crippen LogP contribution is -2.41. The Hall–Kier alpha value is -3.28. The zero-order valence-corrected chi connectivity index (χ0v) is 29.7. The normalized spacial score (nSPS) is 12.5. The molecule has 0 spiro atoms. The molecular weight excluding hydrogens is 690 g/mol. The number of halogens is 1. The number of nitrogens with one attached hydrogen (secondary N) is 4. The number of rotatable bonds is 16. The summed E-state index contributed by atoms with van der Waals surface area (Å²) in [5.41, 5.74) is 5.38. The van der Waals surface area contributed by atoms with Crippen LogP contribution >= 0.6 is 11.6 Å². The van der Waals surface area contributed by atoms with Gasteiger partial charge in [-0.25, -0.2) is 26.4 Å². The molecule has 1 heterocycles. The summed E-state index contributed by atoms with van der Waals surface area (Å²) in [6, 6.07) is 12.8. The van der Waals surface area contributed by atoms with Gasteiger partial charge in [-0.05, 0) is 65.8 Å². The third kappa shape index (κ3) is 11.4. The Bertz CT molecular complexity index is 1920. The highest BCUT2D eigenvalue weighted by Crippen LogP contribution is 2.40. The lowest BCUT2D eigenvalue weighted by Gasteiger charge is -2.29. The summed E-state index contributed by atoms with van der Waals surface area (Å²) >= 11 is 6.84. The van der Waals surface area contributed by atoms with Crippen molar-refractivity contribution in [3.63, 3.8) is 0 Å². The van der Waals surface area contributed by atoms with Crippen molar-refractivity contribution in [3.05, 3.63) is 82.1 Å². The van der Waals surface area contributed by atoms with E-state index in [-0.39, 0.29) is 31.8 Å². The molecule has 13 nitrogen and oxygen atoms in total. The second kappa shape index (κ2) is 15.7. The summed E-state index contributed by atoms with van der Waals surface area (Å²) in [7, 11) is -11.9. The van der Waals surface area contributed by atoms with E-state index in [4.69, 9.17) is 16.2 Å². The molecule has 0 unspecified atom stereocenters. The third-order valence-electron chi connectivity index (χ3n) is 7.45. The summed E-state index contributed by atoms with van der Waals surface area (Å²) < 4.78 is 84.9. The number of carbonyl (C=O) groups excluding carboxylic acids is 1. The molecule has 17 heteroatoms. The van der Waals surface area contributed by atoms with Gasteiger partial charge in [0.25, 0.3) is 10.1 Å². The van der Waals surface area contributed by atoms with E-state index in [1.165, 1.54) is 0 Å². The zero-order valence-electron chi connectivity index (χ0n) is 26.5. The Labute approximate surface area is 281 Å². The fourth-order valence-corrected chi connectivity index (χ4v) is 7.66. The van der Waals surface area contributed by atoms with Gasteiger partial charge in [0.05, 0.1) is 22.9 Å². The van der Waals surface area contributed by atoms with E-state index in [0.29, 0.717) is 16.3 Å². The molecule has 0 aliphatic heterocycles. The van der Waals surface area contributed by atoms with E-state index in [1.54, 1.807) is 25.3 Å². The first-order valence-electron chi connectivity index (χ1n) is 14.6. The summed E-state index contributed by atoms with van der Waals surface area (Å²) in [6.45, 7) is 7.04. The first-order chi connectivity index (χ1) is 21.8. The highest BCUT2D eigenvalue weighted by atomic mass is 35.5. The SMILES string of the molecule is Cc1cnccc1-c1cccc(C(C)(C)c2ccc(NS(=O)(=O)CCCNS(=O)(=O)CCNC(=O)NCCS(=O)(=O)O)c(C)c2Cl)c1. The maximum atomic E-state index is 12.8. The van der Waals surface area contributed by atoms with Crippen molar-refractivity contribution in [1.82, 2.24) is 20.3 Å². The third-order valence-corrected chi connectivity index (χ3v) is 11.4. The van der Waals surface area contributed by atoms with Gasteiger partial charge in [-0.2, -0.15) is 8.42 Å². The molecule has 3 rings (SSSR count). The second-order valence-corrected chi connectivity index (χ2v) is 17.2. The van der Waals surface area contributed by atoms with Crippen molar-refractivity contribution < 1.29 is 34.6 Å². The van der Waals surface area contributed by atoms with E-state index in [2.05, 4.69) is 45.0 Å². The van der Waals surface area contributed by atoms with Crippen LogP contribution in [-0.4, -0.2) is 77.7 Å². The summed E-state index contributed by atoms with van der Waals surface area (Å²) in [4.78, 5) is 15.8. The maximum Gasteiger partial charge on any atom is 0.314 e. The molecule has 47 heavy (non-hydrogen) atoms. The number of benzene rings is 2. The predicted molar refractivity (Wildman–Crippen MR) is 184 cm³/mol. The number of anilines is 1. The van der Waals surface area contributed by atoms with Crippen LogP contribution in [0.25, 0.3) is 11.1 Å². The summed E-state index contributed by atoms with van der Waals surface area (Å²) in [5, 5.41) is 4.83. The highest BCUT2D eigenvalue weighted by Gasteiger charge is 2.28. The van der Waals surface area contributed by atoms with E-state index < -0.39 is 53.1 Å². The van der Waals surface area contributed by atoms with E-state index in [0.717, 1.165) is 27.8 Å². The van der Waals surface area contributed by atoms with Crippen LogP contribution in [0.4, 0.5) is 10.5 Å². The number of aryl methyl sites for hydroxylation is 1. The van der Waals surface area contributed by atoms with Gasteiger partial charge in [-0.3, -0.25) is 14.3 Å². The molecule has 0 bridgehead atoms. The van der Waals surface area contributed by atoms with E-state index in [1.807, 2.05) is 37.4 Å². The van der Waals surface area contributed by atoms with Crippen molar-refractivity contribution in [1.29, 1.82) is 0 Å². The van der Waals surface area contributed by atoms with Crippen LogP contribution < -0.4 is 20.1 Å². The monoisotopic (exact) mass is 729 g/mol. The average Bonchev–Trinajstić information content (AvgIpc) is 2.97. The quantitative estimate of drug-likeness (QED) is 0.108. The molecule has 2 amide bonds. The molecule has 3 aromatic rings. The minimum atomic E-state index is -4.24. The Morgan fingerprint density at radius 3 is 2.23 bits per heavy atom. The second-order valence-electron chi connectivity index (χ2n) is 11.5. The number of pyridine rings is 1. The maximum absolute atomic E-state index is 12.8. The number of nitrogens with zero attached hydrogens (tertiary/aromatic N) is 1. The van der Waals surface area contributed by atoms with Gasteiger partial charge in [0.15, 0.2) is 0 Å². The Morgan fingerprint density at radius 2 is 1.57 bits per heavy atom. The summed E-state index contributed by atoms with van der Waals surface area (Å²) in [5.74, 6) is -1.54. The van der Waals surface area contributed by atoms with E-state index in [9.17, 15) is 30.0 Å². The number of urea groups is 1. The van der Waals surface area contributed by atoms with Crippen LogP contribution in [-0.2, 0) is 35.6 Å². The predicted octanol–water partition coefficient (Wildman–Crippen LogP) is 3.58. The lowest BCUT2D eigenvalue weighted by atomic mass is 9.76. The van der Waals surface area contributed by atoms with Crippen molar-refractivity contribution in [2.45, 2.75) is 39.5 Å². The summed E-state index contributed by atoms with van der Waals surface area (Å²) in [6.07, 6.45) is 3.55. The van der Waals surface area contributed by atoms with Gasteiger partial charge >= 0.3 is 6.03 Å². The van der Waals surface area contributed by atoms with Crippen LogP contribution in [0, 0.1) is 13.8 Å². The minimum absolute atomic E-state index is 0.0245. The number of aromatic nitrogens is 1. The number of sulfonamides is 2. The molecule has 1 aromatic heterocycles. The molecular formula is C30H40ClN5O8S3. The topological polar surface area (TPSA) is 201 Å². The van der Waals surface area contributed by atoms with E-state index >= 15 is 0 Å². The van der Waals surface area contributed by atoms with Crippen LogP contribution in [0.5, 0.6) is 0 Å². The van der Waals surface area contributed by atoms with Crippen molar-refractivity contribution in [2.24, 2.45) is 0 Å². The van der Waals surface area contributed by atoms with Gasteiger partial charge in [0.1, 0.15) is 0 Å². The Kier molecular flexibility index (Phi) is 12.8. The molecule has 0 saturated heterocycles. The zero-order chi connectivity index (χ0) is 35.0. The lowest BCUT2D eigenvalue weighted by molar-refractivity contribution is 0.242. The van der Waals surface area contributed by atoms with Crippen LogP contribution in [0.1, 0.15) is 42.5 Å². The number of hydrogen-bond donors (Lipinski definition) is 5. The van der Waals surface area contributed by atoms with Crippen LogP contribution in [0.2, 0.25) is 5.02 Å². The minimum Gasteiger partial charge on any atom is -0.337 e. The molecule has 0 radical (unpaired) electrons. The molecule has 0 fully saturated rings. The van der Waals surface area contributed by atoms with Gasteiger partial charge < -0.3 is 10.6 Å². The molecule has 5 N–H and O–H groups in total. The standard InChI is InChI=1S/C30H40ClN5O8S3/c1-21-20-32-13-11-25(21)23-7-5-8-24(19-23)30(3,4)26-9-10-27(22(2)28(26)31)36-46(40,41)16-6-12-35-45(38,39)17-14-33-29(37)34-15-18-47(42,43)44/h5,7-11,13,19-20,35-36H,6,12,14-18H2,1-4H3,(H2,33,34,37)(H,42,43,44). The molecule has 0 saturated carbocycles. The van der Waals surface area contributed by atoms with Crippen LogP contribution in [0.15, 0.2) is 54.9 Å². The molecule has 258 valence electrons. The number of carbonyl (C=O) groups is 1. The van der Waals surface area contributed by atoms with Gasteiger partial charge in [0, 0.05) is 42.5 Å². The fourth-order valence-electron chi connectivity index (χ4n) is 4.74. The van der Waals surface area contributed by atoms with Crippen LogP contribution in [0.3, 0.4) is 0 Å². The Balaban J connectivity index is 1.56. The van der Waals surface area contributed by atoms with Gasteiger partial charge in [-0.15, -0.1) is 0 Å². The first-order valence-corrected chi connectivity index (χ1v) is 19.9. The highest BCUT2D eigenvalue weighted by molar-refractivity contribution is 7.92. The molecule has 0 aliphatic carbocycles. The fraction of sp³-hybridized carbons (Fsp3) is 0.400. The van der Waals surface area contributed by atoms with Gasteiger partial charge in [0.2, 0.25) is 20.0 Å². The molecule has 0 aliphatic rings. The number of amides is 2. The van der Waals surface area contributed by atoms with Crippen molar-refractivity contribution in [3.8, 4) is 11.1 Å². The van der Waals surface area contributed by atoms with Crippen molar-refractivity contribution >= 4 is 53.5 Å². The van der Waals surface area contributed by atoms with Gasteiger partial charge in [-0.1, -0.05) is 55.8 Å². The molecule has 2 aromatic carbocycles. The smallest absolute Gasteiger partial charge is 0.314 e. The first kappa shape index (κ1) is 38.2. The van der Waals surface area contributed by atoms with Crippen molar-refractivity contribution in [2.75, 3.05) is 41.6 Å². The number of hydrogen-bond acceptors (Lipinski definition) is 8. The average molecular weight is 730 g/mol.